The zero-order valence-electron chi connectivity index (χ0n) is 8.97. The van der Waals surface area contributed by atoms with E-state index in [-0.39, 0.29) is 0 Å². The summed E-state index contributed by atoms with van der Waals surface area (Å²) in [6.45, 7) is 0. The van der Waals surface area contributed by atoms with E-state index in [9.17, 15) is 0 Å². The summed E-state index contributed by atoms with van der Waals surface area (Å²) in [5.41, 5.74) is 3.55. The summed E-state index contributed by atoms with van der Waals surface area (Å²) in [7, 11) is 0. The molecule has 88 valence electrons. The molecule has 2 aromatic heterocycles. The standard InChI is InChI=1S/C10H11BrN6/c11-7-5-13-10(15-12)14-9(7)17-4-3-8(16-17)6-1-2-6/h3-6H,1-2,12H2,(H,13,14,15). The largest absolute Gasteiger partial charge is 0.292 e. The van der Waals surface area contributed by atoms with Crippen molar-refractivity contribution in [2.45, 2.75) is 18.8 Å². The predicted octanol–water partition coefficient (Wildman–Crippen LogP) is 1.59. The minimum atomic E-state index is 0.367. The van der Waals surface area contributed by atoms with Crippen LogP contribution in [0, 0.1) is 0 Å². The number of nitrogens with one attached hydrogen (secondary N) is 1. The number of hydrazine groups is 1. The highest BCUT2D eigenvalue weighted by atomic mass is 79.9. The summed E-state index contributed by atoms with van der Waals surface area (Å²) >= 11 is 3.40. The Morgan fingerprint density at radius 2 is 2.29 bits per heavy atom. The fraction of sp³-hybridized carbons (Fsp3) is 0.300. The first-order valence-corrected chi connectivity index (χ1v) is 6.12. The van der Waals surface area contributed by atoms with Gasteiger partial charge in [0.05, 0.1) is 10.2 Å². The number of anilines is 1. The number of halogens is 1. The van der Waals surface area contributed by atoms with E-state index in [4.69, 9.17) is 5.84 Å². The molecule has 3 rings (SSSR count). The summed E-state index contributed by atoms with van der Waals surface area (Å²) in [5, 5.41) is 4.51. The van der Waals surface area contributed by atoms with Crippen molar-refractivity contribution in [2.24, 2.45) is 5.84 Å². The molecule has 0 unspecified atom stereocenters. The van der Waals surface area contributed by atoms with Crippen molar-refractivity contribution in [2.75, 3.05) is 5.43 Å². The maximum atomic E-state index is 5.29. The van der Waals surface area contributed by atoms with Gasteiger partial charge in [0.2, 0.25) is 5.95 Å². The Kier molecular flexibility index (Phi) is 2.56. The summed E-state index contributed by atoms with van der Waals surface area (Å²) in [6, 6.07) is 2.03. The van der Waals surface area contributed by atoms with Crippen LogP contribution < -0.4 is 11.3 Å². The van der Waals surface area contributed by atoms with Crippen LogP contribution in [0.25, 0.3) is 5.82 Å². The first-order valence-electron chi connectivity index (χ1n) is 5.33. The number of hydrogen-bond donors (Lipinski definition) is 2. The molecule has 1 aliphatic carbocycles. The van der Waals surface area contributed by atoms with Crippen LogP contribution in [0.4, 0.5) is 5.95 Å². The van der Waals surface area contributed by atoms with E-state index in [0.717, 1.165) is 10.2 Å². The van der Waals surface area contributed by atoms with Gasteiger partial charge in [-0.05, 0) is 34.8 Å². The van der Waals surface area contributed by atoms with Gasteiger partial charge in [-0.15, -0.1) is 0 Å². The van der Waals surface area contributed by atoms with Crippen molar-refractivity contribution in [3.63, 3.8) is 0 Å². The second kappa shape index (κ2) is 4.08. The number of nitrogen functional groups attached to an aromatic ring is 1. The van der Waals surface area contributed by atoms with E-state index in [1.54, 1.807) is 10.9 Å². The fourth-order valence-electron chi connectivity index (χ4n) is 1.64. The number of nitrogens with zero attached hydrogens (tertiary/aromatic N) is 4. The van der Waals surface area contributed by atoms with Crippen LogP contribution in [0.3, 0.4) is 0 Å². The van der Waals surface area contributed by atoms with E-state index in [1.165, 1.54) is 12.8 Å². The molecule has 2 aromatic rings. The number of rotatable bonds is 3. The van der Waals surface area contributed by atoms with Crippen molar-refractivity contribution >= 4 is 21.9 Å². The van der Waals surface area contributed by atoms with Crippen LogP contribution in [0.5, 0.6) is 0 Å². The topological polar surface area (TPSA) is 81.6 Å². The molecule has 0 aromatic carbocycles. The molecule has 0 spiro atoms. The summed E-state index contributed by atoms with van der Waals surface area (Å²) in [4.78, 5) is 8.26. The predicted molar refractivity (Wildman–Crippen MR) is 66.6 cm³/mol. The molecule has 1 aliphatic rings. The van der Waals surface area contributed by atoms with Gasteiger partial charge in [-0.3, -0.25) is 5.43 Å². The van der Waals surface area contributed by atoms with Gasteiger partial charge in [-0.1, -0.05) is 0 Å². The molecule has 2 heterocycles. The summed E-state index contributed by atoms with van der Waals surface area (Å²) in [6.07, 6.45) is 6.02. The third-order valence-electron chi connectivity index (χ3n) is 2.68. The van der Waals surface area contributed by atoms with E-state index in [2.05, 4.69) is 36.4 Å². The van der Waals surface area contributed by atoms with E-state index < -0.39 is 0 Å². The molecule has 7 heteroatoms. The van der Waals surface area contributed by atoms with Crippen LogP contribution in [-0.2, 0) is 0 Å². The number of nitrogens with two attached hydrogens (primary N) is 1. The number of aromatic nitrogens is 4. The Morgan fingerprint density at radius 1 is 1.47 bits per heavy atom. The first kappa shape index (κ1) is 10.7. The molecule has 0 amide bonds. The van der Waals surface area contributed by atoms with E-state index >= 15 is 0 Å². The van der Waals surface area contributed by atoms with Gasteiger partial charge in [0.15, 0.2) is 5.82 Å². The van der Waals surface area contributed by atoms with Crippen molar-refractivity contribution in [1.29, 1.82) is 0 Å². The molecule has 0 aliphatic heterocycles. The normalized spacial score (nSPS) is 14.9. The molecule has 0 atom stereocenters. The Hall–Kier alpha value is -1.47. The molecule has 0 saturated heterocycles. The SMILES string of the molecule is NNc1ncc(Br)c(-n2ccc(C3CC3)n2)n1. The van der Waals surface area contributed by atoms with Crippen LogP contribution >= 0.6 is 15.9 Å². The Labute approximate surface area is 106 Å². The molecule has 17 heavy (non-hydrogen) atoms. The molecule has 0 radical (unpaired) electrons. The highest BCUT2D eigenvalue weighted by molar-refractivity contribution is 9.10. The lowest BCUT2D eigenvalue weighted by Crippen LogP contribution is -2.12. The minimum absolute atomic E-state index is 0.367. The fourth-order valence-corrected chi connectivity index (χ4v) is 2.01. The van der Waals surface area contributed by atoms with Gasteiger partial charge in [-0.25, -0.2) is 15.5 Å². The van der Waals surface area contributed by atoms with Gasteiger partial charge in [0.25, 0.3) is 0 Å². The second-order valence-electron chi connectivity index (χ2n) is 3.97. The number of hydrogen-bond acceptors (Lipinski definition) is 5. The third-order valence-corrected chi connectivity index (χ3v) is 3.24. The lowest BCUT2D eigenvalue weighted by Gasteiger charge is -2.05. The molecule has 6 nitrogen and oxygen atoms in total. The molecular formula is C10H11BrN6. The van der Waals surface area contributed by atoms with E-state index in [1.807, 2.05) is 12.3 Å². The van der Waals surface area contributed by atoms with Crippen LogP contribution in [0.1, 0.15) is 24.5 Å². The molecule has 1 fully saturated rings. The van der Waals surface area contributed by atoms with Crippen LogP contribution in [0.15, 0.2) is 22.9 Å². The highest BCUT2D eigenvalue weighted by Gasteiger charge is 2.26. The molecular weight excluding hydrogens is 284 g/mol. The van der Waals surface area contributed by atoms with Gasteiger partial charge >= 0.3 is 0 Å². The smallest absolute Gasteiger partial charge is 0.239 e. The van der Waals surface area contributed by atoms with Crippen LogP contribution in [-0.4, -0.2) is 19.7 Å². The third kappa shape index (κ3) is 2.03. The maximum Gasteiger partial charge on any atom is 0.239 e. The first-order chi connectivity index (χ1) is 8.28. The van der Waals surface area contributed by atoms with Gasteiger partial charge < -0.3 is 0 Å². The summed E-state index contributed by atoms with van der Waals surface area (Å²) in [5.74, 6) is 6.97. The van der Waals surface area contributed by atoms with Gasteiger partial charge in [0, 0.05) is 18.3 Å². The Morgan fingerprint density at radius 3 is 3.00 bits per heavy atom. The lowest BCUT2D eigenvalue weighted by atomic mass is 10.3. The average Bonchev–Trinajstić information content (AvgIpc) is 3.09. The van der Waals surface area contributed by atoms with Crippen molar-refractivity contribution in [3.05, 3.63) is 28.6 Å². The lowest BCUT2D eigenvalue weighted by molar-refractivity contribution is 0.803. The minimum Gasteiger partial charge on any atom is -0.292 e. The van der Waals surface area contributed by atoms with Crippen molar-refractivity contribution in [3.8, 4) is 5.82 Å². The zero-order valence-corrected chi connectivity index (χ0v) is 10.6. The molecule has 3 N–H and O–H groups in total. The zero-order chi connectivity index (χ0) is 11.8. The monoisotopic (exact) mass is 294 g/mol. The van der Waals surface area contributed by atoms with Crippen LogP contribution in [0.2, 0.25) is 0 Å². The summed E-state index contributed by atoms with van der Waals surface area (Å²) < 4.78 is 2.52. The molecule has 0 bridgehead atoms. The van der Waals surface area contributed by atoms with Gasteiger partial charge in [0.1, 0.15) is 0 Å². The van der Waals surface area contributed by atoms with E-state index in [0.29, 0.717) is 17.7 Å². The van der Waals surface area contributed by atoms with Crippen molar-refractivity contribution in [1.82, 2.24) is 19.7 Å². The highest BCUT2D eigenvalue weighted by Crippen LogP contribution is 2.39. The molecule has 1 saturated carbocycles. The Balaban J connectivity index is 2.00. The van der Waals surface area contributed by atoms with Crippen molar-refractivity contribution < 1.29 is 0 Å². The van der Waals surface area contributed by atoms with Gasteiger partial charge in [-0.2, -0.15) is 10.1 Å². The maximum absolute atomic E-state index is 5.29. The quantitative estimate of drug-likeness (QED) is 0.664. The second-order valence-corrected chi connectivity index (χ2v) is 4.82. The Bertz CT molecular complexity index is 547. The average molecular weight is 295 g/mol.